The summed E-state index contributed by atoms with van der Waals surface area (Å²) in [5.74, 6) is 0.0166. The summed E-state index contributed by atoms with van der Waals surface area (Å²) in [5, 5.41) is 5.83. The number of amides is 2. The number of benzene rings is 1. The van der Waals surface area contributed by atoms with E-state index in [-0.39, 0.29) is 11.8 Å². The van der Waals surface area contributed by atoms with Gasteiger partial charge in [-0.2, -0.15) is 0 Å². The fourth-order valence-corrected chi connectivity index (χ4v) is 2.31. The maximum absolute atomic E-state index is 11.9. The van der Waals surface area contributed by atoms with Gasteiger partial charge in [0.25, 0.3) is 5.91 Å². The molecule has 4 heteroatoms. The van der Waals surface area contributed by atoms with Crippen LogP contribution in [0.15, 0.2) is 24.3 Å². The number of carbonyl (C=O) groups is 2. The summed E-state index contributed by atoms with van der Waals surface area (Å²) in [6.07, 6.45) is 8.44. The maximum Gasteiger partial charge on any atom is 0.251 e. The van der Waals surface area contributed by atoms with Crippen molar-refractivity contribution in [2.75, 3.05) is 5.32 Å². The first-order valence-electron chi connectivity index (χ1n) is 8.40. The van der Waals surface area contributed by atoms with Crippen LogP contribution < -0.4 is 10.6 Å². The van der Waals surface area contributed by atoms with E-state index in [1.54, 1.807) is 24.3 Å². The molecule has 22 heavy (non-hydrogen) atoms. The molecule has 0 atom stereocenters. The van der Waals surface area contributed by atoms with Crippen LogP contribution in [0.4, 0.5) is 5.69 Å². The van der Waals surface area contributed by atoms with Crippen LogP contribution >= 0.6 is 0 Å². The van der Waals surface area contributed by atoms with Crippen LogP contribution in [0.1, 0.15) is 68.6 Å². The molecule has 0 saturated heterocycles. The van der Waals surface area contributed by atoms with Crippen molar-refractivity contribution in [3.8, 4) is 0 Å². The van der Waals surface area contributed by atoms with E-state index in [0.29, 0.717) is 18.0 Å². The molecule has 0 heterocycles. The van der Waals surface area contributed by atoms with Crippen molar-refractivity contribution in [2.24, 2.45) is 0 Å². The summed E-state index contributed by atoms with van der Waals surface area (Å²) in [6.45, 7) is 2.18. The molecular weight excluding hydrogens is 276 g/mol. The molecule has 2 N–H and O–H groups in total. The molecule has 1 aliphatic carbocycles. The highest BCUT2D eigenvalue weighted by atomic mass is 16.2. The van der Waals surface area contributed by atoms with Gasteiger partial charge in [0.15, 0.2) is 0 Å². The Hall–Kier alpha value is -1.84. The van der Waals surface area contributed by atoms with Crippen molar-refractivity contribution in [3.05, 3.63) is 29.8 Å². The van der Waals surface area contributed by atoms with Gasteiger partial charge in [-0.25, -0.2) is 0 Å². The van der Waals surface area contributed by atoms with Crippen molar-refractivity contribution in [3.63, 3.8) is 0 Å². The first kappa shape index (κ1) is 16.5. The van der Waals surface area contributed by atoms with Gasteiger partial charge in [-0.15, -0.1) is 0 Å². The number of nitrogens with one attached hydrogen (secondary N) is 2. The highest BCUT2D eigenvalue weighted by molar-refractivity contribution is 5.96. The van der Waals surface area contributed by atoms with Gasteiger partial charge in [0.2, 0.25) is 5.91 Å². The highest BCUT2D eigenvalue weighted by Crippen LogP contribution is 2.19. The van der Waals surface area contributed by atoms with Crippen LogP contribution in [0.5, 0.6) is 0 Å². The van der Waals surface area contributed by atoms with Crippen LogP contribution in [0.2, 0.25) is 0 Å². The van der Waals surface area contributed by atoms with Crippen LogP contribution in [0.3, 0.4) is 0 Å². The minimum absolute atomic E-state index is 0.0312. The quantitative estimate of drug-likeness (QED) is 0.680. The van der Waals surface area contributed by atoms with E-state index in [4.69, 9.17) is 0 Å². The Labute approximate surface area is 132 Å². The number of rotatable bonds is 9. The average Bonchev–Trinajstić information content (AvgIpc) is 3.31. The third kappa shape index (κ3) is 5.88. The van der Waals surface area contributed by atoms with E-state index >= 15 is 0 Å². The lowest BCUT2D eigenvalue weighted by Crippen LogP contribution is -2.25. The Morgan fingerprint density at radius 1 is 1.05 bits per heavy atom. The molecule has 2 rings (SSSR count). The fraction of sp³-hybridized carbons (Fsp3) is 0.556. The second-order valence-corrected chi connectivity index (χ2v) is 6.04. The number of unbranched alkanes of at least 4 members (excludes halogenated alkanes) is 4. The molecule has 2 amide bonds. The largest absolute Gasteiger partial charge is 0.349 e. The molecule has 0 unspecified atom stereocenters. The summed E-state index contributed by atoms with van der Waals surface area (Å²) < 4.78 is 0. The van der Waals surface area contributed by atoms with Crippen molar-refractivity contribution in [1.29, 1.82) is 0 Å². The second-order valence-electron chi connectivity index (χ2n) is 6.04. The monoisotopic (exact) mass is 302 g/mol. The van der Waals surface area contributed by atoms with Gasteiger partial charge in [0, 0.05) is 23.7 Å². The predicted molar refractivity (Wildman–Crippen MR) is 88.9 cm³/mol. The molecule has 1 aromatic carbocycles. The van der Waals surface area contributed by atoms with E-state index in [0.717, 1.165) is 31.4 Å². The summed E-state index contributed by atoms with van der Waals surface area (Å²) in [4.78, 5) is 23.7. The van der Waals surface area contributed by atoms with Gasteiger partial charge in [-0.3, -0.25) is 9.59 Å². The zero-order valence-corrected chi connectivity index (χ0v) is 13.4. The first-order chi connectivity index (χ1) is 10.7. The Morgan fingerprint density at radius 2 is 1.73 bits per heavy atom. The molecule has 0 aromatic heterocycles. The van der Waals surface area contributed by atoms with Gasteiger partial charge in [-0.1, -0.05) is 32.6 Å². The third-order valence-corrected chi connectivity index (χ3v) is 3.85. The lowest BCUT2D eigenvalue weighted by Gasteiger charge is -2.07. The van der Waals surface area contributed by atoms with E-state index < -0.39 is 0 Å². The second kappa shape index (κ2) is 8.57. The molecule has 0 aliphatic heterocycles. The Bertz CT molecular complexity index is 492. The molecule has 1 aromatic rings. The maximum atomic E-state index is 11.9. The summed E-state index contributed by atoms with van der Waals surface area (Å²) in [7, 11) is 0. The molecule has 4 nitrogen and oxygen atoms in total. The molecule has 1 aliphatic rings. The van der Waals surface area contributed by atoms with Gasteiger partial charge in [0.05, 0.1) is 0 Å². The van der Waals surface area contributed by atoms with Crippen molar-refractivity contribution < 1.29 is 9.59 Å². The number of hydrogen-bond acceptors (Lipinski definition) is 2. The van der Waals surface area contributed by atoms with Crippen molar-refractivity contribution in [1.82, 2.24) is 5.32 Å². The van der Waals surface area contributed by atoms with Crippen molar-refractivity contribution >= 4 is 17.5 Å². The number of carbonyl (C=O) groups excluding carboxylic acids is 2. The molecule has 1 saturated carbocycles. The Kier molecular flexibility index (Phi) is 6.44. The molecule has 0 spiro atoms. The zero-order chi connectivity index (χ0) is 15.8. The lowest BCUT2D eigenvalue weighted by molar-refractivity contribution is -0.116. The lowest BCUT2D eigenvalue weighted by atomic mass is 10.1. The summed E-state index contributed by atoms with van der Waals surface area (Å²) in [5.41, 5.74) is 1.39. The minimum Gasteiger partial charge on any atom is -0.349 e. The van der Waals surface area contributed by atoms with Crippen LogP contribution in [-0.4, -0.2) is 17.9 Å². The van der Waals surface area contributed by atoms with Crippen LogP contribution in [0, 0.1) is 0 Å². The van der Waals surface area contributed by atoms with Gasteiger partial charge in [-0.05, 0) is 43.5 Å². The Morgan fingerprint density at radius 3 is 2.36 bits per heavy atom. The van der Waals surface area contributed by atoms with Crippen LogP contribution in [-0.2, 0) is 4.79 Å². The molecule has 1 fully saturated rings. The average molecular weight is 302 g/mol. The smallest absolute Gasteiger partial charge is 0.251 e. The molecular formula is C18H26N2O2. The number of anilines is 1. The van der Waals surface area contributed by atoms with E-state index in [1.165, 1.54) is 19.3 Å². The third-order valence-electron chi connectivity index (χ3n) is 3.85. The summed E-state index contributed by atoms with van der Waals surface area (Å²) >= 11 is 0. The summed E-state index contributed by atoms with van der Waals surface area (Å²) in [6, 6.07) is 7.45. The molecule has 0 bridgehead atoms. The van der Waals surface area contributed by atoms with Gasteiger partial charge < -0.3 is 10.6 Å². The van der Waals surface area contributed by atoms with E-state index in [1.807, 2.05) is 0 Å². The Balaban J connectivity index is 1.70. The first-order valence-corrected chi connectivity index (χ1v) is 8.40. The standard InChI is InChI=1S/C18H26N2O2/c1-2-3-4-5-6-7-17(21)19-15-10-8-14(9-11-15)18(22)20-16-12-13-16/h8-11,16H,2-7,12-13H2,1H3,(H,19,21)(H,20,22). The van der Waals surface area contributed by atoms with Crippen LogP contribution in [0.25, 0.3) is 0 Å². The zero-order valence-electron chi connectivity index (χ0n) is 13.4. The predicted octanol–water partition coefficient (Wildman–Crippen LogP) is 3.88. The van der Waals surface area contributed by atoms with Gasteiger partial charge >= 0.3 is 0 Å². The number of hydrogen-bond donors (Lipinski definition) is 2. The molecule has 0 radical (unpaired) electrons. The topological polar surface area (TPSA) is 58.2 Å². The normalized spacial score (nSPS) is 13.7. The van der Waals surface area contributed by atoms with Gasteiger partial charge in [0.1, 0.15) is 0 Å². The fourth-order valence-electron chi connectivity index (χ4n) is 2.31. The molecule has 120 valence electrons. The SMILES string of the molecule is CCCCCCCC(=O)Nc1ccc(C(=O)NC2CC2)cc1. The van der Waals surface area contributed by atoms with Crippen molar-refractivity contribution in [2.45, 2.75) is 64.3 Å². The highest BCUT2D eigenvalue weighted by Gasteiger charge is 2.23. The minimum atomic E-state index is -0.0312. The van der Waals surface area contributed by atoms with E-state index in [2.05, 4.69) is 17.6 Å². The van der Waals surface area contributed by atoms with E-state index in [9.17, 15) is 9.59 Å².